The van der Waals surface area contributed by atoms with Crippen LogP contribution in [-0.4, -0.2) is 47.8 Å². The molecule has 0 unspecified atom stereocenters. The van der Waals surface area contributed by atoms with Gasteiger partial charge in [0.25, 0.3) is 17.5 Å². The van der Waals surface area contributed by atoms with Crippen LogP contribution in [0, 0.1) is 10.1 Å². The smallest absolute Gasteiger partial charge is 0.289 e. The molecule has 0 spiro atoms. The number of benzene rings is 2. The maximum absolute atomic E-state index is 12.5. The SMILES string of the molecule is O=C(Nc1ccc(N2CCN(C(=O)c3ccco3)CC2)cc1)c1ccc(Cl)c([N+](=O)[O-])c1. The van der Waals surface area contributed by atoms with Crippen molar-refractivity contribution in [3.8, 4) is 0 Å². The Morgan fingerprint density at radius 1 is 1.03 bits per heavy atom. The minimum atomic E-state index is -0.629. The molecule has 164 valence electrons. The van der Waals surface area contributed by atoms with E-state index in [-0.39, 0.29) is 22.2 Å². The highest BCUT2D eigenvalue weighted by Crippen LogP contribution is 2.26. The van der Waals surface area contributed by atoms with Crippen molar-refractivity contribution in [1.29, 1.82) is 0 Å². The molecule has 9 nitrogen and oxygen atoms in total. The number of nitro groups is 1. The highest BCUT2D eigenvalue weighted by Gasteiger charge is 2.24. The molecular weight excluding hydrogens is 436 g/mol. The molecule has 1 aliphatic heterocycles. The van der Waals surface area contributed by atoms with E-state index >= 15 is 0 Å². The minimum Gasteiger partial charge on any atom is -0.459 e. The fourth-order valence-corrected chi connectivity index (χ4v) is 3.66. The van der Waals surface area contributed by atoms with E-state index in [1.807, 2.05) is 12.1 Å². The number of halogens is 1. The first kappa shape index (κ1) is 21.4. The zero-order valence-electron chi connectivity index (χ0n) is 16.9. The Kier molecular flexibility index (Phi) is 6.09. The maximum Gasteiger partial charge on any atom is 0.289 e. The average molecular weight is 455 g/mol. The van der Waals surface area contributed by atoms with Gasteiger partial charge in [0.05, 0.1) is 11.2 Å². The average Bonchev–Trinajstić information content (AvgIpc) is 3.34. The number of hydrogen-bond donors (Lipinski definition) is 1. The Balaban J connectivity index is 1.36. The molecule has 2 heterocycles. The van der Waals surface area contributed by atoms with Gasteiger partial charge in [-0.15, -0.1) is 0 Å². The number of anilines is 2. The van der Waals surface area contributed by atoms with Crippen LogP contribution in [0.15, 0.2) is 65.3 Å². The van der Waals surface area contributed by atoms with Crippen molar-refractivity contribution < 1.29 is 18.9 Å². The fraction of sp³-hybridized carbons (Fsp3) is 0.182. The summed E-state index contributed by atoms with van der Waals surface area (Å²) in [6, 6.07) is 14.5. The Labute approximate surface area is 188 Å². The van der Waals surface area contributed by atoms with E-state index < -0.39 is 10.8 Å². The van der Waals surface area contributed by atoms with Crippen LogP contribution >= 0.6 is 11.6 Å². The highest BCUT2D eigenvalue weighted by atomic mass is 35.5. The summed E-state index contributed by atoms with van der Waals surface area (Å²) in [5, 5.41) is 13.7. The number of rotatable bonds is 5. The monoisotopic (exact) mass is 454 g/mol. The third-order valence-electron chi connectivity index (χ3n) is 5.19. The first-order valence-electron chi connectivity index (χ1n) is 9.85. The van der Waals surface area contributed by atoms with Crippen molar-refractivity contribution in [2.24, 2.45) is 0 Å². The van der Waals surface area contributed by atoms with Crippen molar-refractivity contribution in [1.82, 2.24) is 4.90 Å². The molecule has 1 fully saturated rings. The van der Waals surface area contributed by atoms with Crippen LogP contribution < -0.4 is 10.2 Å². The van der Waals surface area contributed by atoms with Crippen LogP contribution in [0.1, 0.15) is 20.9 Å². The minimum absolute atomic E-state index is 0.0261. The lowest BCUT2D eigenvalue weighted by Crippen LogP contribution is -2.48. The van der Waals surface area contributed by atoms with E-state index in [1.165, 1.54) is 18.4 Å². The summed E-state index contributed by atoms with van der Waals surface area (Å²) in [4.78, 5) is 39.1. The van der Waals surface area contributed by atoms with Gasteiger partial charge in [0.1, 0.15) is 5.02 Å². The quantitative estimate of drug-likeness (QED) is 0.460. The molecule has 1 saturated heterocycles. The second-order valence-electron chi connectivity index (χ2n) is 7.18. The Morgan fingerprint density at radius 3 is 2.38 bits per heavy atom. The number of nitrogens with one attached hydrogen (secondary N) is 1. The van der Waals surface area contributed by atoms with Gasteiger partial charge in [0, 0.05) is 49.2 Å². The molecule has 2 aromatic carbocycles. The van der Waals surface area contributed by atoms with E-state index in [9.17, 15) is 19.7 Å². The van der Waals surface area contributed by atoms with E-state index in [2.05, 4.69) is 10.2 Å². The third-order valence-corrected chi connectivity index (χ3v) is 5.51. The zero-order valence-corrected chi connectivity index (χ0v) is 17.6. The summed E-state index contributed by atoms with van der Waals surface area (Å²) in [5.41, 5.74) is 1.35. The van der Waals surface area contributed by atoms with E-state index in [0.717, 1.165) is 11.8 Å². The van der Waals surface area contributed by atoms with Crippen molar-refractivity contribution >= 4 is 40.5 Å². The van der Waals surface area contributed by atoms with Crippen molar-refractivity contribution in [2.45, 2.75) is 0 Å². The predicted octanol–water partition coefficient (Wildman–Crippen LogP) is 4.06. The fourth-order valence-electron chi connectivity index (χ4n) is 3.48. The first-order chi connectivity index (χ1) is 15.4. The van der Waals surface area contributed by atoms with E-state index in [4.69, 9.17) is 16.0 Å². The van der Waals surface area contributed by atoms with Crippen LogP contribution in [0.4, 0.5) is 17.1 Å². The van der Waals surface area contributed by atoms with Gasteiger partial charge in [-0.1, -0.05) is 11.6 Å². The first-order valence-corrected chi connectivity index (χ1v) is 10.2. The van der Waals surface area contributed by atoms with Gasteiger partial charge in [-0.2, -0.15) is 0 Å². The predicted molar refractivity (Wildman–Crippen MR) is 119 cm³/mol. The Morgan fingerprint density at radius 2 is 1.75 bits per heavy atom. The lowest BCUT2D eigenvalue weighted by Gasteiger charge is -2.35. The second kappa shape index (κ2) is 9.11. The summed E-state index contributed by atoms with van der Waals surface area (Å²) in [6.45, 7) is 2.50. The van der Waals surface area contributed by atoms with Crippen molar-refractivity contribution in [3.05, 3.63) is 87.3 Å². The van der Waals surface area contributed by atoms with Crippen LogP contribution in [0.25, 0.3) is 0 Å². The van der Waals surface area contributed by atoms with Crippen LogP contribution in [0.2, 0.25) is 5.02 Å². The molecule has 1 aromatic heterocycles. The number of carbonyl (C=O) groups excluding carboxylic acids is 2. The molecule has 3 aromatic rings. The number of nitrogens with zero attached hydrogens (tertiary/aromatic N) is 3. The van der Waals surface area contributed by atoms with Gasteiger partial charge in [0.2, 0.25) is 0 Å². The largest absolute Gasteiger partial charge is 0.459 e. The highest BCUT2D eigenvalue weighted by molar-refractivity contribution is 6.32. The van der Waals surface area contributed by atoms with Crippen LogP contribution in [-0.2, 0) is 0 Å². The summed E-state index contributed by atoms with van der Waals surface area (Å²) < 4.78 is 5.18. The van der Waals surface area contributed by atoms with Gasteiger partial charge < -0.3 is 19.5 Å². The summed E-state index contributed by atoms with van der Waals surface area (Å²) >= 11 is 5.80. The van der Waals surface area contributed by atoms with Crippen LogP contribution in [0.5, 0.6) is 0 Å². The van der Waals surface area contributed by atoms with Gasteiger partial charge in [-0.25, -0.2) is 0 Å². The molecule has 0 aliphatic carbocycles. The normalized spacial score (nSPS) is 13.7. The molecule has 10 heteroatoms. The second-order valence-corrected chi connectivity index (χ2v) is 7.59. The maximum atomic E-state index is 12.5. The summed E-state index contributed by atoms with van der Waals surface area (Å²) in [5.74, 6) is -0.248. The number of nitro benzene ring substituents is 1. The number of piperazine rings is 1. The number of carbonyl (C=O) groups is 2. The van der Waals surface area contributed by atoms with Gasteiger partial charge in [-0.05, 0) is 48.5 Å². The molecule has 1 aliphatic rings. The lowest BCUT2D eigenvalue weighted by molar-refractivity contribution is -0.384. The van der Waals surface area contributed by atoms with Crippen molar-refractivity contribution in [2.75, 3.05) is 36.4 Å². The van der Waals surface area contributed by atoms with E-state index in [0.29, 0.717) is 37.6 Å². The zero-order chi connectivity index (χ0) is 22.7. The Hall–Kier alpha value is -3.85. The topological polar surface area (TPSA) is 109 Å². The van der Waals surface area contributed by atoms with Crippen LogP contribution in [0.3, 0.4) is 0 Å². The molecular formula is C22H19ClN4O5. The van der Waals surface area contributed by atoms with Gasteiger partial charge in [-0.3, -0.25) is 19.7 Å². The van der Waals surface area contributed by atoms with Crippen molar-refractivity contribution in [3.63, 3.8) is 0 Å². The third kappa shape index (κ3) is 4.57. The standard InChI is InChI=1S/C22H19ClN4O5/c23-18-8-3-15(14-19(18)27(30)31)21(28)24-16-4-6-17(7-5-16)25-9-11-26(12-10-25)22(29)20-2-1-13-32-20/h1-8,13-14H,9-12H2,(H,24,28). The number of furan rings is 1. The number of amides is 2. The molecule has 0 saturated carbocycles. The molecule has 0 bridgehead atoms. The van der Waals surface area contributed by atoms with E-state index in [1.54, 1.807) is 29.2 Å². The molecule has 1 N–H and O–H groups in total. The van der Waals surface area contributed by atoms with Gasteiger partial charge >= 0.3 is 0 Å². The molecule has 4 rings (SSSR count). The molecule has 2 amide bonds. The van der Waals surface area contributed by atoms with Gasteiger partial charge in [0.15, 0.2) is 5.76 Å². The lowest BCUT2D eigenvalue weighted by atomic mass is 10.1. The molecule has 0 atom stereocenters. The summed E-state index contributed by atoms with van der Waals surface area (Å²) in [6.07, 6.45) is 1.48. The number of hydrogen-bond acceptors (Lipinski definition) is 6. The molecule has 32 heavy (non-hydrogen) atoms. The Bertz CT molecular complexity index is 1140. The molecule has 0 radical (unpaired) electrons. The summed E-state index contributed by atoms with van der Waals surface area (Å²) in [7, 11) is 0.